The lowest BCUT2D eigenvalue weighted by atomic mass is 9.52. The van der Waals surface area contributed by atoms with Crippen molar-refractivity contribution < 1.29 is 24.2 Å². The number of nitrogens with one attached hydrogen (secondary N) is 1. The Kier molecular flexibility index (Phi) is 7.72. The lowest BCUT2D eigenvalue weighted by Gasteiger charge is -2.51. The van der Waals surface area contributed by atoms with Crippen molar-refractivity contribution in [1.82, 2.24) is 9.97 Å². The summed E-state index contributed by atoms with van der Waals surface area (Å²) in [5, 5.41) is 12.6. The van der Waals surface area contributed by atoms with Gasteiger partial charge in [-0.2, -0.15) is 4.98 Å². The normalized spacial score (nSPS) is 26.6. The molecule has 4 aliphatic rings. The number of fused-ring (bicyclic) bond motifs is 3. The molecule has 204 valence electrons. The number of rotatable bonds is 10. The predicted molar refractivity (Wildman–Crippen MR) is 144 cm³/mol. The van der Waals surface area contributed by atoms with Gasteiger partial charge in [-0.05, 0) is 88.3 Å². The minimum absolute atomic E-state index is 0.0164. The highest BCUT2D eigenvalue weighted by Crippen LogP contribution is 2.58. The first-order valence-corrected chi connectivity index (χ1v) is 13.9. The highest BCUT2D eigenvalue weighted by molar-refractivity contribution is 5.89. The number of ether oxygens (including phenoxy) is 2. The fourth-order valence-electron chi connectivity index (χ4n) is 6.33. The Morgan fingerprint density at radius 3 is 2.55 bits per heavy atom. The van der Waals surface area contributed by atoms with Gasteiger partial charge in [0.2, 0.25) is 11.9 Å². The Morgan fingerprint density at radius 2 is 1.84 bits per heavy atom. The van der Waals surface area contributed by atoms with Crippen molar-refractivity contribution >= 4 is 23.6 Å². The molecule has 1 amide bonds. The smallest absolute Gasteiger partial charge is 0.309 e. The van der Waals surface area contributed by atoms with Crippen LogP contribution in [-0.4, -0.2) is 52.8 Å². The van der Waals surface area contributed by atoms with Gasteiger partial charge in [0.25, 0.3) is 0 Å². The van der Waals surface area contributed by atoms with Crippen molar-refractivity contribution in [2.24, 2.45) is 10.8 Å². The lowest BCUT2D eigenvalue weighted by molar-refractivity contribution is -0.159. The molecule has 3 aliphatic carbocycles. The first kappa shape index (κ1) is 26.3. The van der Waals surface area contributed by atoms with Gasteiger partial charge in [-0.1, -0.05) is 12.1 Å². The molecular weight excluding hydrogens is 484 g/mol. The van der Waals surface area contributed by atoms with Crippen molar-refractivity contribution in [3.8, 4) is 11.5 Å². The summed E-state index contributed by atoms with van der Waals surface area (Å²) in [7, 11) is 0. The Hall–Kier alpha value is -3.36. The number of anilines is 2. The van der Waals surface area contributed by atoms with E-state index in [1.165, 1.54) is 0 Å². The van der Waals surface area contributed by atoms with Crippen LogP contribution in [0.1, 0.15) is 71.1 Å². The number of amides is 1. The molecule has 1 atom stereocenters. The lowest BCUT2D eigenvalue weighted by Crippen LogP contribution is -2.46. The second kappa shape index (κ2) is 11.2. The summed E-state index contributed by atoms with van der Waals surface area (Å²) < 4.78 is 12.0. The van der Waals surface area contributed by atoms with Gasteiger partial charge in [0, 0.05) is 19.2 Å². The zero-order valence-corrected chi connectivity index (χ0v) is 22.2. The third-order valence-corrected chi connectivity index (χ3v) is 8.75. The van der Waals surface area contributed by atoms with E-state index in [4.69, 9.17) is 9.47 Å². The fraction of sp³-hybridized carbons (Fsp3) is 0.586. The number of nitrogens with zero attached hydrogens (tertiary/aromatic N) is 3. The molecule has 9 nitrogen and oxygen atoms in total. The highest BCUT2D eigenvalue weighted by Gasteiger charge is 2.52. The summed E-state index contributed by atoms with van der Waals surface area (Å²) in [4.78, 5) is 35.7. The Balaban J connectivity index is 1.15. The van der Waals surface area contributed by atoms with E-state index in [1.54, 1.807) is 12.3 Å². The molecule has 2 heterocycles. The molecule has 9 heteroatoms. The summed E-state index contributed by atoms with van der Waals surface area (Å²) >= 11 is 0. The summed E-state index contributed by atoms with van der Waals surface area (Å²) in [6, 6.07) is 9.45. The molecule has 0 radical (unpaired) electrons. The highest BCUT2D eigenvalue weighted by atomic mass is 16.5. The second-order valence-electron chi connectivity index (χ2n) is 11.1. The van der Waals surface area contributed by atoms with E-state index >= 15 is 0 Å². The van der Waals surface area contributed by atoms with E-state index in [1.807, 2.05) is 31.2 Å². The minimum atomic E-state index is -0.648. The molecule has 2 aromatic rings. The predicted octanol–water partition coefficient (Wildman–Crippen LogP) is 5.07. The third-order valence-electron chi connectivity index (χ3n) is 8.75. The number of carbonyl (C=O) groups excluding carboxylic acids is 1. The van der Waals surface area contributed by atoms with Crippen molar-refractivity contribution in [2.75, 3.05) is 29.9 Å². The quantitative estimate of drug-likeness (QED) is 0.445. The van der Waals surface area contributed by atoms with Crippen LogP contribution in [0.15, 0.2) is 36.5 Å². The van der Waals surface area contributed by atoms with Gasteiger partial charge >= 0.3 is 5.97 Å². The SMILES string of the molecule is CCOc1ccccc1OC1CCCN(c2nccc(NC(=O)CCC34CCC(C(=O)O)(CC3)CC4)n2)C1. The topological polar surface area (TPSA) is 114 Å². The largest absolute Gasteiger partial charge is 0.490 e. The number of benzene rings is 1. The second-order valence-corrected chi connectivity index (χ2v) is 11.1. The standard InChI is InChI=1S/C29H38N4O5/c1-2-37-22-7-3-4-8-23(22)38-21-6-5-19-33(20-21)27-30-18-10-24(32-27)31-25(34)9-11-28-12-15-29(16-13-28,17-14-28)26(35)36/h3-4,7-8,10,18,21H,2,5-6,9,11-17,19-20H2,1H3,(H,35,36)(H,30,31,32,34). The van der Waals surface area contributed by atoms with Crippen LogP contribution in [-0.2, 0) is 9.59 Å². The van der Waals surface area contributed by atoms with E-state index < -0.39 is 11.4 Å². The Bertz CT molecular complexity index is 1130. The number of aliphatic carboxylic acids is 1. The van der Waals surface area contributed by atoms with Gasteiger partial charge in [-0.15, -0.1) is 0 Å². The molecule has 38 heavy (non-hydrogen) atoms. The zero-order chi connectivity index (χ0) is 26.6. The van der Waals surface area contributed by atoms with Crippen LogP contribution in [0.4, 0.5) is 11.8 Å². The molecule has 1 aliphatic heterocycles. The van der Waals surface area contributed by atoms with Crippen LogP contribution in [0.3, 0.4) is 0 Å². The molecule has 6 rings (SSSR count). The average Bonchev–Trinajstić information content (AvgIpc) is 2.94. The molecule has 1 aromatic heterocycles. The summed E-state index contributed by atoms with van der Waals surface area (Å²) in [5.74, 6) is 1.86. The molecular formula is C29H38N4O5. The Morgan fingerprint density at radius 1 is 1.11 bits per heavy atom. The maximum atomic E-state index is 12.8. The van der Waals surface area contributed by atoms with Crippen molar-refractivity contribution in [3.63, 3.8) is 0 Å². The molecule has 3 saturated carbocycles. The first-order valence-electron chi connectivity index (χ1n) is 13.9. The van der Waals surface area contributed by atoms with E-state index in [0.29, 0.717) is 31.3 Å². The molecule has 0 spiro atoms. The maximum Gasteiger partial charge on any atom is 0.309 e. The summed E-state index contributed by atoms with van der Waals surface area (Å²) in [6.45, 7) is 4.01. The number of carbonyl (C=O) groups is 2. The van der Waals surface area contributed by atoms with Gasteiger partial charge < -0.3 is 24.8 Å². The van der Waals surface area contributed by atoms with Crippen LogP contribution in [0, 0.1) is 10.8 Å². The minimum Gasteiger partial charge on any atom is -0.490 e. The number of hydrogen-bond donors (Lipinski definition) is 2. The third kappa shape index (κ3) is 5.71. The van der Waals surface area contributed by atoms with E-state index in [0.717, 1.165) is 75.8 Å². The van der Waals surface area contributed by atoms with Crippen molar-refractivity contribution in [1.29, 1.82) is 0 Å². The number of para-hydroxylation sites is 2. The number of carboxylic acids is 1. The first-order chi connectivity index (χ1) is 18.4. The van der Waals surface area contributed by atoms with Gasteiger partial charge in [0.05, 0.1) is 18.6 Å². The number of piperidine rings is 1. The fourth-order valence-corrected chi connectivity index (χ4v) is 6.33. The average molecular weight is 523 g/mol. The number of aromatic nitrogens is 2. The zero-order valence-electron chi connectivity index (χ0n) is 22.2. The molecule has 4 fully saturated rings. The van der Waals surface area contributed by atoms with Crippen LogP contribution in [0.25, 0.3) is 0 Å². The molecule has 1 aromatic carbocycles. The van der Waals surface area contributed by atoms with Gasteiger partial charge in [-0.25, -0.2) is 4.98 Å². The van der Waals surface area contributed by atoms with Crippen molar-refractivity contribution in [2.45, 2.75) is 77.2 Å². The summed E-state index contributed by atoms with van der Waals surface area (Å²) in [5.41, 5.74) is -0.415. The van der Waals surface area contributed by atoms with Gasteiger partial charge in [-0.3, -0.25) is 9.59 Å². The number of carboxylic acid groups (broad SMARTS) is 1. The Labute approximate surface area is 223 Å². The van der Waals surface area contributed by atoms with Crippen molar-refractivity contribution in [3.05, 3.63) is 36.5 Å². The van der Waals surface area contributed by atoms with E-state index in [2.05, 4.69) is 20.2 Å². The van der Waals surface area contributed by atoms with E-state index in [9.17, 15) is 14.7 Å². The maximum absolute atomic E-state index is 12.8. The van der Waals surface area contributed by atoms with E-state index in [-0.39, 0.29) is 17.4 Å². The molecule has 2 N–H and O–H groups in total. The number of hydrogen-bond acceptors (Lipinski definition) is 7. The van der Waals surface area contributed by atoms with Gasteiger partial charge in [0.1, 0.15) is 11.9 Å². The van der Waals surface area contributed by atoms with Crippen LogP contribution in [0.5, 0.6) is 11.5 Å². The monoisotopic (exact) mass is 522 g/mol. The molecule has 2 bridgehead atoms. The van der Waals surface area contributed by atoms with Gasteiger partial charge in [0.15, 0.2) is 11.5 Å². The van der Waals surface area contributed by atoms with Crippen LogP contribution >= 0.6 is 0 Å². The summed E-state index contributed by atoms with van der Waals surface area (Å²) in [6.07, 6.45) is 9.66. The van der Waals surface area contributed by atoms with Crippen LogP contribution < -0.4 is 19.7 Å². The molecule has 1 unspecified atom stereocenters. The van der Waals surface area contributed by atoms with Crippen LogP contribution in [0.2, 0.25) is 0 Å². The molecule has 1 saturated heterocycles.